The maximum atomic E-state index is 4.59. The van der Waals surface area contributed by atoms with E-state index < -0.39 is 0 Å². The largest absolute Gasteiger partial charge is 0.312 e. The minimum atomic E-state index is 0.559. The summed E-state index contributed by atoms with van der Waals surface area (Å²) in [5.41, 5.74) is 1.26. The fourth-order valence-corrected chi connectivity index (χ4v) is 3.54. The summed E-state index contributed by atoms with van der Waals surface area (Å²) in [4.78, 5) is 0. The Morgan fingerprint density at radius 2 is 2.05 bits per heavy atom. The standard InChI is InChI=1S/C17H25N3/c1-2-18-16(14-8-4-3-5-9-14)13-20-17-11-7-6-10-15(17)12-19-20/h6-7,10-12,14,16,18H,2-5,8-9,13H2,1H3. The van der Waals surface area contributed by atoms with Crippen LogP contribution in [0.1, 0.15) is 39.0 Å². The Bertz CT molecular complexity index is 540. The number of para-hydroxylation sites is 1. The predicted octanol–water partition coefficient (Wildman–Crippen LogP) is 3.59. The quantitative estimate of drug-likeness (QED) is 0.900. The van der Waals surface area contributed by atoms with Crippen molar-refractivity contribution in [2.45, 2.75) is 51.6 Å². The molecular formula is C17H25N3. The number of nitrogens with zero attached hydrogens (tertiary/aromatic N) is 2. The van der Waals surface area contributed by atoms with Crippen molar-refractivity contribution in [3.05, 3.63) is 30.5 Å². The Balaban J connectivity index is 1.78. The van der Waals surface area contributed by atoms with Gasteiger partial charge in [-0.2, -0.15) is 5.10 Å². The van der Waals surface area contributed by atoms with Crippen molar-refractivity contribution in [2.75, 3.05) is 6.54 Å². The first-order chi connectivity index (χ1) is 9.88. The summed E-state index contributed by atoms with van der Waals surface area (Å²) in [6.45, 7) is 4.24. The molecule has 3 nitrogen and oxygen atoms in total. The molecule has 1 aliphatic rings. The van der Waals surface area contributed by atoms with Gasteiger partial charge in [0.15, 0.2) is 0 Å². The number of benzene rings is 1. The lowest BCUT2D eigenvalue weighted by Crippen LogP contribution is -2.40. The van der Waals surface area contributed by atoms with Crippen LogP contribution in [-0.2, 0) is 6.54 Å². The Hall–Kier alpha value is -1.35. The highest BCUT2D eigenvalue weighted by atomic mass is 15.3. The summed E-state index contributed by atoms with van der Waals surface area (Å²) in [7, 11) is 0. The number of nitrogens with one attached hydrogen (secondary N) is 1. The third kappa shape index (κ3) is 2.88. The van der Waals surface area contributed by atoms with Gasteiger partial charge in [0.1, 0.15) is 0 Å². The van der Waals surface area contributed by atoms with E-state index in [9.17, 15) is 0 Å². The maximum Gasteiger partial charge on any atom is 0.0683 e. The SMILES string of the molecule is CCNC(Cn1ncc2ccccc21)C1CCCCC1. The average Bonchev–Trinajstić information content (AvgIpc) is 2.91. The van der Waals surface area contributed by atoms with Crippen LogP contribution in [0.2, 0.25) is 0 Å². The number of fused-ring (bicyclic) bond motifs is 1. The highest BCUT2D eigenvalue weighted by molar-refractivity contribution is 5.78. The highest BCUT2D eigenvalue weighted by Crippen LogP contribution is 2.27. The normalized spacial score (nSPS) is 18.4. The van der Waals surface area contributed by atoms with E-state index in [2.05, 4.69) is 46.3 Å². The summed E-state index contributed by atoms with van der Waals surface area (Å²) in [6, 6.07) is 9.05. The van der Waals surface area contributed by atoms with Crippen LogP contribution < -0.4 is 5.32 Å². The lowest BCUT2D eigenvalue weighted by Gasteiger charge is -2.31. The second-order valence-electron chi connectivity index (χ2n) is 5.95. The monoisotopic (exact) mass is 271 g/mol. The smallest absolute Gasteiger partial charge is 0.0683 e. The average molecular weight is 271 g/mol. The van der Waals surface area contributed by atoms with E-state index in [1.54, 1.807) is 0 Å². The molecule has 0 aliphatic heterocycles. The first kappa shape index (κ1) is 13.6. The van der Waals surface area contributed by atoms with Gasteiger partial charge in [-0.05, 0) is 31.4 Å². The molecule has 1 fully saturated rings. The van der Waals surface area contributed by atoms with E-state index >= 15 is 0 Å². The maximum absolute atomic E-state index is 4.59. The Morgan fingerprint density at radius 1 is 1.25 bits per heavy atom. The van der Waals surface area contributed by atoms with Crippen LogP contribution in [0.3, 0.4) is 0 Å². The summed E-state index contributed by atoms with van der Waals surface area (Å²) >= 11 is 0. The van der Waals surface area contributed by atoms with Gasteiger partial charge in [0.25, 0.3) is 0 Å². The lowest BCUT2D eigenvalue weighted by molar-refractivity contribution is 0.247. The summed E-state index contributed by atoms with van der Waals surface area (Å²) in [5, 5.41) is 9.53. The highest BCUT2D eigenvalue weighted by Gasteiger charge is 2.23. The fraction of sp³-hybridized carbons (Fsp3) is 0.588. The molecule has 1 aromatic heterocycles. The Kier molecular flexibility index (Phi) is 4.36. The fourth-order valence-electron chi connectivity index (χ4n) is 3.54. The van der Waals surface area contributed by atoms with Gasteiger partial charge in [0.2, 0.25) is 0 Å². The molecular weight excluding hydrogens is 246 g/mol. The molecule has 1 unspecified atom stereocenters. The zero-order valence-electron chi connectivity index (χ0n) is 12.4. The van der Waals surface area contributed by atoms with Crippen molar-refractivity contribution in [3.63, 3.8) is 0 Å². The minimum absolute atomic E-state index is 0.559. The van der Waals surface area contributed by atoms with E-state index in [1.807, 2.05) is 6.20 Å². The van der Waals surface area contributed by atoms with Gasteiger partial charge in [-0.1, -0.05) is 44.4 Å². The van der Waals surface area contributed by atoms with Crippen LogP contribution in [0.15, 0.2) is 30.5 Å². The summed E-state index contributed by atoms with van der Waals surface area (Å²) in [5.74, 6) is 0.812. The van der Waals surface area contributed by atoms with Gasteiger partial charge < -0.3 is 5.32 Å². The molecule has 108 valence electrons. The van der Waals surface area contributed by atoms with Crippen molar-refractivity contribution < 1.29 is 0 Å². The van der Waals surface area contributed by atoms with E-state index in [4.69, 9.17) is 0 Å². The van der Waals surface area contributed by atoms with Crippen molar-refractivity contribution >= 4 is 10.9 Å². The molecule has 20 heavy (non-hydrogen) atoms. The van der Waals surface area contributed by atoms with Gasteiger partial charge >= 0.3 is 0 Å². The van der Waals surface area contributed by atoms with Crippen LogP contribution in [0.5, 0.6) is 0 Å². The predicted molar refractivity (Wildman–Crippen MR) is 83.8 cm³/mol. The molecule has 3 heteroatoms. The summed E-state index contributed by atoms with van der Waals surface area (Å²) < 4.78 is 2.18. The van der Waals surface area contributed by atoms with Crippen molar-refractivity contribution in [3.8, 4) is 0 Å². The molecule has 0 radical (unpaired) electrons. The molecule has 1 saturated carbocycles. The van der Waals surface area contributed by atoms with E-state index in [0.717, 1.165) is 19.0 Å². The van der Waals surface area contributed by atoms with Crippen LogP contribution in [0.25, 0.3) is 10.9 Å². The second kappa shape index (κ2) is 6.40. The van der Waals surface area contributed by atoms with E-state index in [-0.39, 0.29) is 0 Å². The Morgan fingerprint density at radius 3 is 2.85 bits per heavy atom. The van der Waals surface area contributed by atoms with E-state index in [0.29, 0.717) is 6.04 Å². The number of rotatable bonds is 5. The molecule has 1 N–H and O–H groups in total. The van der Waals surface area contributed by atoms with E-state index in [1.165, 1.54) is 43.0 Å². The molecule has 0 saturated heterocycles. The van der Waals surface area contributed by atoms with Gasteiger partial charge in [0.05, 0.1) is 18.3 Å². The number of aromatic nitrogens is 2. The Labute approximate surface area is 121 Å². The van der Waals surface area contributed by atoms with Crippen molar-refractivity contribution in [2.24, 2.45) is 5.92 Å². The van der Waals surface area contributed by atoms with Gasteiger partial charge in [0, 0.05) is 11.4 Å². The third-order valence-electron chi connectivity index (χ3n) is 4.61. The topological polar surface area (TPSA) is 29.9 Å². The molecule has 0 amide bonds. The molecule has 2 aromatic rings. The molecule has 1 aromatic carbocycles. The minimum Gasteiger partial charge on any atom is -0.312 e. The van der Waals surface area contributed by atoms with Crippen molar-refractivity contribution in [1.82, 2.24) is 15.1 Å². The molecule has 0 spiro atoms. The zero-order valence-corrected chi connectivity index (χ0v) is 12.4. The zero-order chi connectivity index (χ0) is 13.8. The van der Waals surface area contributed by atoms with Crippen LogP contribution >= 0.6 is 0 Å². The van der Waals surface area contributed by atoms with Gasteiger partial charge in [-0.3, -0.25) is 4.68 Å². The first-order valence-corrected chi connectivity index (χ1v) is 8.02. The van der Waals surface area contributed by atoms with Crippen molar-refractivity contribution in [1.29, 1.82) is 0 Å². The van der Waals surface area contributed by atoms with Crippen LogP contribution in [-0.4, -0.2) is 22.4 Å². The summed E-state index contributed by atoms with van der Waals surface area (Å²) in [6.07, 6.45) is 8.94. The number of hydrogen-bond acceptors (Lipinski definition) is 2. The third-order valence-corrected chi connectivity index (χ3v) is 4.61. The number of hydrogen-bond donors (Lipinski definition) is 1. The lowest BCUT2D eigenvalue weighted by atomic mass is 9.84. The molecule has 0 bridgehead atoms. The van der Waals surface area contributed by atoms with Crippen LogP contribution in [0, 0.1) is 5.92 Å². The molecule has 3 rings (SSSR count). The first-order valence-electron chi connectivity index (χ1n) is 8.02. The molecule has 1 aliphatic carbocycles. The van der Waals surface area contributed by atoms with Gasteiger partial charge in [-0.15, -0.1) is 0 Å². The van der Waals surface area contributed by atoms with Gasteiger partial charge in [-0.25, -0.2) is 0 Å². The molecule has 1 heterocycles. The number of likely N-dealkylation sites (N-methyl/N-ethyl adjacent to an activating group) is 1. The second-order valence-corrected chi connectivity index (χ2v) is 5.95. The molecule has 1 atom stereocenters. The van der Waals surface area contributed by atoms with Crippen LogP contribution in [0.4, 0.5) is 0 Å².